The van der Waals surface area contributed by atoms with Crippen LogP contribution in [0.1, 0.15) is 29.6 Å². The Hall–Kier alpha value is -1.10. The van der Waals surface area contributed by atoms with Crippen molar-refractivity contribution in [1.29, 1.82) is 0 Å². The van der Waals surface area contributed by atoms with Crippen molar-refractivity contribution in [1.82, 2.24) is 10.3 Å². The fraction of sp³-hybridized carbons (Fsp3) is 0.500. The first-order valence-electron chi connectivity index (χ1n) is 5.65. The Morgan fingerprint density at radius 1 is 1.59 bits per heavy atom. The van der Waals surface area contributed by atoms with E-state index in [0.29, 0.717) is 16.1 Å². The van der Waals surface area contributed by atoms with Crippen LogP contribution in [-0.2, 0) is 0 Å². The SMILES string of the molecule is COc1cnccc1C(=O)NC1CCCC1Br. The quantitative estimate of drug-likeness (QED) is 0.870. The second-order valence-corrected chi connectivity index (χ2v) is 5.28. The van der Waals surface area contributed by atoms with Gasteiger partial charge in [-0.05, 0) is 18.9 Å². The number of hydrogen-bond donors (Lipinski definition) is 1. The molecule has 0 saturated heterocycles. The molecule has 0 spiro atoms. The molecule has 1 amide bonds. The number of carbonyl (C=O) groups excluding carboxylic acids is 1. The lowest BCUT2D eigenvalue weighted by atomic mass is 10.2. The molecule has 1 heterocycles. The predicted octanol–water partition coefficient (Wildman–Crippen LogP) is 2.14. The van der Waals surface area contributed by atoms with E-state index in [1.165, 1.54) is 7.11 Å². The molecular formula is C12H15BrN2O2. The number of nitrogens with one attached hydrogen (secondary N) is 1. The van der Waals surface area contributed by atoms with Gasteiger partial charge in [0.25, 0.3) is 5.91 Å². The lowest BCUT2D eigenvalue weighted by molar-refractivity contribution is 0.0935. The molecular weight excluding hydrogens is 284 g/mol. The van der Waals surface area contributed by atoms with E-state index >= 15 is 0 Å². The van der Waals surface area contributed by atoms with Gasteiger partial charge < -0.3 is 10.1 Å². The van der Waals surface area contributed by atoms with Gasteiger partial charge in [0.2, 0.25) is 0 Å². The normalized spacial score (nSPS) is 23.4. The number of amides is 1. The summed E-state index contributed by atoms with van der Waals surface area (Å²) in [7, 11) is 1.54. The predicted molar refractivity (Wildman–Crippen MR) is 68.6 cm³/mol. The van der Waals surface area contributed by atoms with Crippen LogP contribution in [0.2, 0.25) is 0 Å². The van der Waals surface area contributed by atoms with Crippen molar-refractivity contribution >= 4 is 21.8 Å². The first-order chi connectivity index (χ1) is 8.22. The van der Waals surface area contributed by atoms with Crippen molar-refractivity contribution in [2.75, 3.05) is 7.11 Å². The minimum absolute atomic E-state index is 0.0967. The molecule has 2 atom stereocenters. The molecule has 1 aromatic heterocycles. The maximum absolute atomic E-state index is 12.1. The first kappa shape index (κ1) is 12.4. The van der Waals surface area contributed by atoms with Gasteiger partial charge in [-0.3, -0.25) is 9.78 Å². The van der Waals surface area contributed by atoms with E-state index in [9.17, 15) is 4.79 Å². The molecule has 1 aliphatic rings. The standard InChI is InChI=1S/C12H15BrN2O2/c1-17-11-7-14-6-5-8(11)12(16)15-10-4-2-3-9(10)13/h5-7,9-10H,2-4H2,1H3,(H,15,16). The van der Waals surface area contributed by atoms with Gasteiger partial charge in [-0.1, -0.05) is 22.4 Å². The van der Waals surface area contributed by atoms with Crippen molar-refractivity contribution in [3.63, 3.8) is 0 Å². The number of ether oxygens (including phenoxy) is 1. The average Bonchev–Trinajstić information content (AvgIpc) is 2.75. The van der Waals surface area contributed by atoms with Gasteiger partial charge in [0.05, 0.1) is 18.9 Å². The smallest absolute Gasteiger partial charge is 0.255 e. The number of aromatic nitrogens is 1. The molecule has 1 aliphatic carbocycles. The Labute approximate surface area is 109 Å². The highest BCUT2D eigenvalue weighted by Gasteiger charge is 2.27. The number of hydrogen-bond acceptors (Lipinski definition) is 3. The molecule has 92 valence electrons. The molecule has 1 fully saturated rings. The largest absolute Gasteiger partial charge is 0.494 e. The highest BCUT2D eigenvalue weighted by molar-refractivity contribution is 9.09. The van der Waals surface area contributed by atoms with Gasteiger partial charge >= 0.3 is 0 Å². The lowest BCUT2D eigenvalue weighted by Gasteiger charge is -2.16. The Bertz CT molecular complexity index is 411. The van der Waals surface area contributed by atoms with Crippen molar-refractivity contribution in [2.45, 2.75) is 30.1 Å². The van der Waals surface area contributed by atoms with Gasteiger partial charge in [0, 0.05) is 17.1 Å². The summed E-state index contributed by atoms with van der Waals surface area (Å²) in [5, 5.41) is 3.03. The number of halogens is 1. The lowest BCUT2D eigenvalue weighted by Crippen LogP contribution is -2.37. The average molecular weight is 299 g/mol. The molecule has 1 N–H and O–H groups in total. The Morgan fingerprint density at radius 3 is 3.06 bits per heavy atom. The zero-order chi connectivity index (χ0) is 12.3. The molecule has 2 unspecified atom stereocenters. The summed E-state index contributed by atoms with van der Waals surface area (Å²) >= 11 is 3.58. The van der Waals surface area contributed by atoms with Crippen molar-refractivity contribution in [3.05, 3.63) is 24.0 Å². The van der Waals surface area contributed by atoms with Crippen LogP contribution >= 0.6 is 15.9 Å². The van der Waals surface area contributed by atoms with Gasteiger partial charge in [-0.2, -0.15) is 0 Å². The zero-order valence-corrected chi connectivity index (χ0v) is 11.2. The van der Waals surface area contributed by atoms with Gasteiger partial charge in [-0.15, -0.1) is 0 Å². The van der Waals surface area contributed by atoms with Crippen LogP contribution < -0.4 is 10.1 Å². The third kappa shape index (κ3) is 2.77. The van der Waals surface area contributed by atoms with Crippen molar-refractivity contribution in [2.24, 2.45) is 0 Å². The van der Waals surface area contributed by atoms with E-state index in [1.807, 2.05) is 0 Å². The van der Waals surface area contributed by atoms with Crippen molar-refractivity contribution < 1.29 is 9.53 Å². The number of methoxy groups -OCH3 is 1. The summed E-state index contributed by atoms with van der Waals surface area (Å²) < 4.78 is 5.12. The monoisotopic (exact) mass is 298 g/mol. The van der Waals surface area contributed by atoms with E-state index in [2.05, 4.69) is 26.2 Å². The van der Waals surface area contributed by atoms with Crippen molar-refractivity contribution in [3.8, 4) is 5.75 Å². The van der Waals surface area contributed by atoms with Gasteiger partial charge in [0.1, 0.15) is 5.75 Å². The second kappa shape index (κ2) is 5.49. The van der Waals surface area contributed by atoms with Crippen LogP contribution in [0.25, 0.3) is 0 Å². The number of rotatable bonds is 3. The highest BCUT2D eigenvalue weighted by atomic mass is 79.9. The molecule has 0 aromatic carbocycles. The second-order valence-electron chi connectivity index (χ2n) is 4.10. The number of carbonyl (C=O) groups is 1. The summed E-state index contributed by atoms with van der Waals surface area (Å²) in [6.07, 6.45) is 6.43. The number of pyridine rings is 1. The van der Waals surface area contributed by atoms with E-state index in [1.54, 1.807) is 18.5 Å². The Balaban J connectivity index is 2.09. The Morgan fingerprint density at radius 2 is 2.41 bits per heavy atom. The van der Waals surface area contributed by atoms with Gasteiger partial charge in [0.15, 0.2) is 0 Å². The van der Waals surface area contributed by atoms with Gasteiger partial charge in [-0.25, -0.2) is 0 Å². The minimum Gasteiger partial charge on any atom is -0.494 e. The maximum Gasteiger partial charge on any atom is 0.255 e. The van der Waals surface area contributed by atoms with Crippen LogP contribution in [0.4, 0.5) is 0 Å². The molecule has 17 heavy (non-hydrogen) atoms. The van der Waals surface area contributed by atoms with Crippen LogP contribution in [-0.4, -0.2) is 28.9 Å². The molecule has 1 aromatic rings. The number of nitrogens with zero attached hydrogens (tertiary/aromatic N) is 1. The van der Waals surface area contributed by atoms with Crippen LogP contribution in [0, 0.1) is 0 Å². The third-order valence-electron chi connectivity index (χ3n) is 3.00. The highest BCUT2D eigenvalue weighted by Crippen LogP contribution is 2.26. The molecule has 1 saturated carbocycles. The fourth-order valence-electron chi connectivity index (χ4n) is 2.05. The van der Waals surface area contributed by atoms with E-state index < -0.39 is 0 Å². The van der Waals surface area contributed by atoms with E-state index in [0.717, 1.165) is 19.3 Å². The van der Waals surface area contributed by atoms with Crippen LogP contribution in [0.3, 0.4) is 0 Å². The maximum atomic E-state index is 12.1. The molecule has 5 heteroatoms. The molecule has 2 rings (SSSR count). The summed E-state index contributed by atoms with van der Waals surface area (Å²) in [6, 6.07) is 1.88. The zero-order valence-electron chi connectivity index (χ0n) is 9.65. The molecule has 0 aliphatic heterocycles. The number of alkyl halides is 1. The summed E-state index contributed by atoms with van der Waals surface area (Å²) in [5.41, 5.74) is 0.536. The van der Waals surface area contributed by atoms with E-state index in [-0.39, 0.29) is 11.9 Å². The summed E-state index contributed by atoms with van der Waals surface area (Å²) in [4.78, 5) is 16.4. The molecule has 0 radical (unpaired) electrons. The molecule has 0 bridgehead atoms. The minimum atomic E-state index is -0.0967. The van der Waals surface area contributed by atoms with Crippen LogP contribution in [0.15, 0.2) is 18.5 Å². The summed E-state index contributed by atoms with van der Waals surface area (Å²) in [5.74, 6) is 0.412. The third-order valence-corrected chi connectivity index (χ3v) is 4.09. The Kier molecular flexibility index (Phi) is 3.99. The molecule has 4 nitrogen and oxygen atoms in total. The summed E-state index contributed by atoms with van der Waals surface area (Å²) in [6.45, 7) is 0. The first-order valence-corrected chi connectivity index (χ1v) is 6.57. The fourth-order valence-corrected chi connectivity index (χ4v) is 2.77. The van der Waals surface area contributed by atoms with E-state index in [4.69, 9.17) is 4.74 Å². The topological polar surface area (TPSA) is 51.2 Å². The van der Waals surface area contributed by atoms with Crippen LogP contribution in [0.5, 0.6) is 5.75 Å².